The first-order valence-corrected chi connectivity index (χ1v) is 9.16. The molecule has 1 fully saturated rings. The van der Waals surface area contributed by atoms with Gasteiger partial charge in [0, 0.05) is 23.4 Å². The van der Waals surface area contributed by atoms with Gasteiger partial charge in [0.15, 0.2) is 0 Å². The predicted molar refractivity (Wildman–Crippen MR) is 90.1 cm³/mol. The smallest absolute Gasteiger partial charge is 0.266 e. The largest absolute Gasteiger partial charge is 0.369 e. The fourth-order valence-electron chi connectivity index (χ4n) is 3.44. The van der Waals surface area contributed by atoms with Crippen LogP contribution in [0.15, 0.2) is 16.0 Å². The number of hydrogen-bond donors (Lipinski definition) is 0. The topological polar surface area (TPSA) is 51.4 Å². The maximum absolute atomic E-state index is 6.25. The van der Waals surface area contributed by atoms with Crippen LogP contribution in [-0.4, -0.2) is 29.8 Å². The molecule has 2 aliphatic heterocycles. The Labute approximate surface area is 140 Å². The third-order valence-electron chi connectivity index (χ3n) is 4.82. The van der Waals surface area contributed by atoms with Crippen LogP contribution < -0.4 is 4.90 Å². The van der Waals surface area contributed by atoms with Crippen LogP contribution in [0.1, 0.15) is 49.9 Å². The van der Waals surface area contributed by atoms with Gasteiger partial charge in [-0.2, -0.15) is 4.98 Å². The van der Waals surface area contributed by atoms with Crippen molar-refractivity contribution in [1.82, 2.24) is 10.1 Å². The van der Waals surface area contributed by atoms with Crippen molar-refractivity contribution in [2.75, 3.05) is 24.6 Å². The summed E-state index contributed by atoms with van der Waals surface area (Å²) in [7, 11) is 0. The molecular weight excluding hydrogens is 310 g/mol. The summed E-state index contributed by atoms with van der Waals surface area (Å²) >= 11 is 1.84. The first-order chi connectivity index (χ1) is 11.0. The highest BCUT2D eigenvalue weighted by Gasteiger charge is 2.42. The Morgan fingerprint density at radius 1 is 1.26 bits per heavy atom. The summed E-state index contributed by atoms with van der Waals surface area (Å²) in [6.45, 7) is 8.90. The Balaban J connectivity index is 1.51. The van der Waals surface area contributed by atoms with Gasteiger partial charge in [0.25, 0.3) is 5.95 Å². The van der Waals surface area contributed by atoms with Crippen LogP contribution in [0.25, 0.3) is 0 Å². The molecular formula is C17H23N3O2S. The minimum atomic E-state index is -0.111. The van der Waals surface area contributed by atoms with E-state index in [0.29, 0.717) is 11.8 Å². The summed E-state index contributed by atoms with van der Waals surface area (Å²) in [5.41, 5.74) is 1.28. The molecule has 2 aromatic heterocycles. The number of anilines is 1. The standard InChI is InChI=1S/C17H23N3O2S/c1-16(2,3)14-18-15(19-22-14)20-8-6-17(7-9-20)13-12(4-10-21-17)5-11-23-13/h5,11H,4,6-10H2,1-3H3. The summed E-state index contributed by atoms with van der Waals surface area (Å²) in [5.74, 6) is 1.41. The molecule has 0 unspecified atom stereocenters. The molecule has 0 amide bonds. The molecule has 124 valence electrons. The van der Waals surface area contributed by atoms with Gasteiger partial charge < -0.3 is 14.2 Å². The van der Waals surface area contributed by atoms with Gasteiger partial charge in [-0.3, -0.25) is 0 Å². The van der Waals surface area contributed by atoms with Crippen LogP contribution in [0, 0.1) is 0 Å². The molecule has 2 aliphatic rings. The Morgan fingerprint density at radius 3 is 2.74 bits per heavy atom. The third-order valence-corrected chi connectivity index (χ3v) is 5.96. The SMILES string of the molecule is CC(C)(C)c1nc(N2CCC3(CC2)OCCc2ccsc23)no1. The Kier molecular flexibility index (Phi) is 3.50. The van der Waals surface area contributed by atoms with Crippen LogP contribution in [0.3, 0.4) is 0 Å². The van der Waals surface area contributed by atoms with E-state index in [1.807, 2.05) is 11.3 Å². The zero-order valence-corrected chi connectivity index (χ0v) is 14.8. The second kappa shape index (κ2) is 5.31. The van der Waals surface area contributed by atoms with E-state index in [4.69, 9.17) is 9.26 Å². The fourth-order valence-corrected chi connectivity index (χ4v) is 4.61. The molecule has 4 rings (SSSR count). The van der Waals surface area contributed by atoms with E-state index in [1.54, 1.807) is 0 Å². The monoisotopic (exact) mass is 333 g/mol. The maximum atomic E-state index is 6.25. The lowest BCUT2D eigenvalue weighted by Crippen LogP contribution is -2.46. The van der Waals surface area contributed by atoms with E-state index in [1.165, 1.54) is 10.4 Å². The lowest BCUT2D eigenvalue weighted by atomic mass is 9.85. The van der Waals surface area contributed by atoms with E-state index in [2.05, 4.69) is 47.3 Å². The quantitative estimate of drug-likeness (QED) is 0.799. The number of piperidine rings is 1. The molecule has 0 bridgehead atoms. The van der Waals surface area contributed by atoms with Gasteiger partial charge in [-0.1, -0.05) is 20.8 Å². The van der Waals surface area contributed by atoms with Crippen LogP contribution in [-0.2, 0) is 22.2 Å². The lowest BCUT2D eigenvalue weighted by molar-refractivity contribution is -0.0736. The number of fused-ring (bicyclic) bond motifs is 2. The molecule has 2 aromatic rings. The van der Waals surface area contributed by atoms with Crippen molar-refractivity contribution >= 4 is 17.3 Å². The fraction of sp³-hybridized carbons (Fsp3) is 0.647. The van der Waals surface area contributed by atoms with Gasteiger partial charge in [-0.25, -0.2) is 0 Å². The summed E-state index contributed by atoms with van der Waals surface area (Å²) < 4.78 is 11.7. The van der Waals surface area contributed by atoms with Gasteiger partial charge in [0.1, 0.15) is 5.60 Å². The van der Waals surface area contributed by atoms with Gasteiger partial charge in [-0.15, -0.1) is 11.3 Å². The lowest BCUT2D eigenvalue weighted by Gasteiger charge is -2.43. The summed E-state index contributed by atoms with van der Waals surface area (Å²) in [4.78, 5) is 8.24. The van der Waals surface area contributed by atoms with E-state index >= 15 is 0 Å². The van der Waals surface area contributed by atoms with Crippen molar-refractivity contribution < 1.29 is 9.26 Å². The molecule has 0 radical (unpaired) electrons. The minimum Gasteiger partial charge on any atom is -0.369 e. The number of rotatable bonds is 1. The van der Waals surface area contributed by atoms with Gasteiger partial charge in [0.2, 0.25) is 5.89 Å². The summed E-state index contributed by atoms with van der Waals surface area (Å²) in [5, 5.41) is 6.37. The molecule has 0 aliphatic carbocycles. The Bertz CT molecular complexity index is 693. The molecule has 0 saturated carbocycles. The number of nitrogens with zero attached hydrogens (tertiary/aromatic N) is 3. The number of thiophene rings is 1. The third kappa shape index (κ3) is 2.58. The van der Waals surface area contributed by atoms with E-state index in [9.17, 15) is 0 Å². The Morgan fingerprint density at radius 2 is 2.04 bits per heavy atom. The highest BCUT2D eigenvalue weighted by atomic mass is 32.1. The molecule has 1 saturated heterocycles. The van der Waals surface area contributed by atoms with Gasteiger partial charge in [0.05, 0.1) is 6.61 Å². The zero-order chi connectivity index (χ0) is 16.1. The number of hydrogen-bond acceptors (Lipinski definition) is 6. The maximum Gasteiger partial charge on any atom is 0.266 e. The van der Waals surface area contributed by atoms with Crippen molar-refractivity contribution in [1.29, 1.82) is 0 Å². The van der Waals surface area contributed by atoms with Crippen molar-refractivity contribution in [3.05, 3.63) is 27.8 Å². The average Bonchev–Trinajstić information content (AvgIpc) is 3.17. The molecule has 0 N–H and O–H groups in total. The Hall–Kier alpha value is -1.40. The van der Waals surface area contributed by atoms with E-state index < -0.39 is 0 Å². The zero-order valence-electron chi connectivity index (χ0n) is 14.0. The number of ether oxygens (including phenoxy) is 1. The highest BCUT2D eigenvalue weighted by Crippen LogP contribution is 2.44. The summed E-state index contributed by atoms with van der Waals surface area (Å²) in [6.07, 6.45) is 3.02. The normalized spacial score (nSPS) is 20.7. The second-order valence-electron chi connectivity index (χ2n) is 7.50. The van der Waals surface area contributed by atoms with Crippen LogP contribution in [0.2, 0.25) is 0 Å². The van der Waals surface area contributed by atoms with Crippen molar-refractivity contribution in [3.8, 4) is 0 Å². The van der Waals surface area contributed by atoms with Gasteiger partial charge >= 0.3 is 0 Å². The van der Waals surface area contributed by atoms with E-state index in [-0.39, 0.29) is 11.0 Å². The second-order valence-corrected chi connectivity index (χ2v) is 8.42. The molecule has 0 aromatic carbocycles. The van der Waals surface area contributed by atoms with Gasteiger partial charge in [-0.05, 0) is 41.4 Å². The summed E-state index contributed by atoms with van der Waals surface area (Å²) in [6, 6.07) is 2.26. The molecule has 23 heavy (non-hydrogen) atoms. The molecule has 6 heteroatoms. The first-order valence-electron chi connectivity index (χ1n) is 8.28. The van der Waals surface area contributed by atoms with E-state index in [0.717, 1.165) is 39.0 Å². The predicted octanol–water partition coefficient (Wildman–Crippen LogP) is 3.50. The van der Waals surface area contributed by atoms with Crippen LogP contribution in [0.5, 0.6) is 0 Å². The van der Waals surface area contributed by atoms with Crippen molar-refractivity contribution in [2.45, 2.75) is 51.0 Å². The number of aromatic nitrogens is 2. The molecule has 4 heterocycles. The minimum absolute atomic E-state index is 0.0884. The van der Waals surface area contributed by atoms with Crippen LogP contribution in [0.4, 0.5) is 5.95 Å². The molecule has 5 nitrogen and oxygen atoms in total. The first kappa shape index (κ1) is 15.1. The average molecular weight is 333 g/mol. The molecule has 0 atom stereocenters. The van der Waals surface area contributed by atoms with Crippen LogP contribution >= 0.6 is 11.3 Å². The van der Waals surface area contributed by atoms with Crippen molar-refractivity contribution in [2.24, 2.45) is 0 Å². The molecule has 1 spiro atoms. The van der Waals surface area contributed by atoms with Crippen molar-refractivity contribution in [3.63, 3.8) is 0 Å². The highest BCUT2D eigenvalue weighted by molar-refractivity contribution is 7.10.